The third kappa shape index (κ3) is 4.69. The Hall–Kier alpha value is -4.21. The first-order valence-electron chi connectivity index (χ1n) is 10.2. The summed E-state index contributed by atoms with van der Waals surface area (Å²) in [6.07, 6.45) is 1.65. The number of fused-ring (bicyclic) bond motifs is 1. The van der Waals surface area contributed by atoms with Gasteiger partial charge in [-0.25, -0.2) is 9.97 Å². The van der Waals surface area contributed by atoms with Gasteiger partial charge in [0.05, 0.1) is 24.9 Å². The predicted octanol–water partition coefficient (Wildman–Crippen LogP) is 2.79. The van der Waals surface area contributed by atoms with E-state index in [4.69, 9.17) is 21.5 Å². The van der Waals surface area contributed by atoms with Gasteiger partial charge in [-0.1, -0.05) is 18.2 Å². The summed E-state index contributed by atoms with van der Waals surface area (Å²) in [5.74, 6) is 0.339. The minimum Gasteiger partial charge on any atom is -0.395 e. The van der Waals surface area contributed by atoms with Crippen LogP contribution >= 0.6 is 0 Å². The van der Waals surface area contributed by atoms with Gasteiger partial charge >= 0.3 is 0 Å². The van der Waals surface area contributed by atoms with Gasteiger partial charge in [0, 0.05) is 34.8 Å². The van der Waals surface area contributed by atoms with Gasteiger partial charge in [0.2, 0.25) is 0 Å². The molecule has 6 N–H and O–H groups in total. The first kappa shape index (κ1) is 22.0. The first-order valence-corrected chi connectivity index (χ1v) is 10.2. The molecule has 0 spiro atoms. The average molecular weight is 445 g/mol. The number of amides is 1. The highest BCUT2D eigenvalue weighted by atomic mass is 17.2. The van der Waals surface area contributed by atoms with Crippen molar-refractivity contribution in [2.75, 3.05) is 31.7 Å². The number of nitrogens with zero attached hydrogens (tertiary/aromatic N) is 2. The Morgan fingerprint density at radius 1 is 1.03 bits per heavy atom. The molecule has 2 aromatic heterocycles. The van der Waals surface area contributed by atoms with Gasteiger partial charge in [-0.2, -0.15) is 4.89 Å². The number of anilines is 2. The van der Waals surface area contributed by atoms with Crippen molar-refractivity contribution in [3.63, 3.8) is 0 Å². The van der Waals surface area contributed by atoms with E-state index < -0.39 is 0 Å². The highest BCUT2D eigenvalue weighted by Crippen LogP contribution is 2.32. The second-order valence-electron chi connectivity index (χ2n) is 7.25. The van der Waals surface area contributed by atoms with E-state index in [1.807, 2.05) is 36.4 Å². The van der Waals surface area contributed by atoms with Crippen LogP contribution in [0.25, 0.3) is 33.2 Å². The number of nitrogens with two attached hydrogens (primary N) is 2. The molecule has 2 heterocycles. The molecule has 0 aliphatic carbocycles. The summed E-state index contributed by atoms with van der Waals surface area (Å²) in [5.41, 5.74) is 17.1. The number of aliphatic hydroxyl groups is 1. The van der Waals surface area contributed by atoms with Crippen LogP contribution in [-0.2, 0) is 4.89 Å². The van der Waals surface area contributed by atoms with Gasteiger partial charge in [0.25, 0.3) is 11.8 Å². The predicted molar refractivity (Wildman–Crippen MR) is 126 cm³/mol. The molecule has 0 radical (unpaired) electrons. The molecule has 0 saturated heterocycles. The molecule has 2 aromatic carbocycles. The van der Waals surface area contributed by atoms with E-state index >= 15 is 0 Å². The highest BCUT2D eigenvalue weighted by Gasteiger charge is 2.11. The lowest BCUT2D eigenvalue weighted by atomic mass is 10.00. The Balaban J connectivity index is 1.67. The number of nitrogen functional groups attached to an aromatic ring is 2. The van der Waals surface area contributed by atoms with Crippen molar-refractivity contribution in [2.24, 2.45) is 0 Å². The summed E-state index contributed by atoms with van der Waals surface area (Å²) in [6.45, 7) is 0.0899. The number of carbonyl (C=O) groups is 1. The summed E-state index contributed by atoms with van der Waals surface area (Å²) in [6, 6.07) is 16.5. The zero-order valence-electron chi connectivity index (χ0n) is 17.9. The maximum Gasteiger partial charge on any atom is 0.279 e. The molecule has 9 heteroatoms. The van der Waals surface area contributed by atoms with Crippen molar-refractivity contribution in [1.29, 1.82) is 0 Å². The van der Waals surface area contributed by atoms with E-state index in [9.17, 15) is 4.79 Å². The molecule has 33 heavy (non-hydrogen) atoms. The molecule has 168 valence electrons. The topological polar surface area (TPSA) is 146 Å². The third-order valence-electron chi connectivity index (χ3n) is 5.07. The smallest absolute Gasteiger partial charge is 0.279 e. The van der Waals surface area contributed by atoms with Gasteiger partial charge in [-0.15, -0.1) is 0 Å². The minimum atomic E-state index is -0.250. The maximum absolute atomic E-state index is 12.1. The molecular weight excluding hydrogens is 422 g/mol. The number of aromatic nitrogens is 2. The quantitative estimate of drug-likeness (QED) is 0.251. The SMILES string of the molecule is COOc1ncc(-c2ccc3nc(N)c(-c4ccc(C(=O)NCCO)cc4)cc3c2)cc1N. The fourth-order valence-corrected chi connectivity index (χ4v) is 3.45. The van der Waals surface area contributed by atoms with E-state index in [1.54, 1.807) is 24.4 Å². The van der Waals surface area contributed by atoms with Crippen molar-refractivity contribution in [2.45, 2.75) is 0 Å². The normalized spacial score (nSPS) is 10.8. The Morgan fingerprint density at radius 3 is 2.48 bits per heavy atom. The van der Waals surface area contributed by atoms with Crippen molar-refractivity contribution in [3.8, 4) is 28.1 Å². The monoisotopic (exact) mass is 445 g/mol. The zero-order chi connectivity index (χ0) is 23.4. The van der Waals surface area contributed by atoms with E-state index in [1.165, 1.54) is 7.11 Å². The highest BCUT2D eigenvalue weighted by molar-refractivity contribution is 5.96. The van der Waals surface area contributed by atoms with Crippen LogP contribution in [0.2, 0.25) is 0 Å². The summed E-state index contributed by atoms with van der Waals surface area (Å²) >= 11 is 0. The number of aliphatic hydroxyl groups excluding tert-OH is 1. The van der Waals surface area contributed by atoms with E-state index in [0.29, 0.717) is 17.1 Å². The molecule has 4 aromatic rings. The van der Waals surface area contributed by atoms with Crippen LogP contribution in [-0.4, -0.2) is 41.2 Å². The molecule has 0 atom stereocenters. The second-order valence-corrected chi connectivity index (χ2v) is 7.25. The van der Waals surface area contributed by atoms with E-state index in [2.05, 4.69) is 20.2 Å². The molecular formula is C24H23N5O4. The maximum atomic E-state index is 12.1. The number of hydrogen-bond donors (Lipinski definition) is 4. The minimum absolute atomic E-state index is 0.112. The van der Waals surface area contributed by atoms with Crippen molar-refractivity contribution < 1.29 is 19.7 Å². The Bertz CT molecular complexity index is 1310. The number of pyridine rings is 2. The van der Waals surface area contributed by atoms with Crippen molar-refractivity contribution in [1.82, 2.24) is 15.3 Å². The van der Waals surface area contributed by atoms with Crippen LogP contribution in [0.15, 0.2) is 60.8 Å². The zero-order valence-corrected chi connectivity index (χ0v) is 17.9. The summed E-state index contributed by atoms with van der Waals surface area (Å²) < 4.78 is 0. The molecule has 1 amide bonds. The lowest BCUT2D eigenvalue weighted by molar-refractivity contribution is -0.180. The van der Waals surface area contributed by atoms with Crippen LogP contribution < -0.4 is 21.7 Å². The molecule has 0 bridgehead atoms. The number of hydrogen-bond acceptors (Lipinski definition) is 8. The Morgan fingerprint density at radius 2 is 1.79 bits per heavy atom. The van der Waals surface area contributed by atoms with E-state index in [-0.39, 0.29) is 24.9 Å². The lowest BCUT2D eigenvalue weighted by Crippen LogP contribution is -2.26. The van der Waals surface area contributed by atoms with Gasteiger partial charge in [0.15, 0.2) is 0 Å². The average Bonchev–Trinajstić information content (AvgIpc) is 2.83. The number of rotatable bonds is 7. The van der Waals surface area contributed by atoms with Crippen molar-refractivity contribution in [3.05, 3.63) is 66.4 Å². The largest absolute Gasteiger partial charge is 0.395 e. The van der Waals surface area contributed by atoms with Crippen molar-refractivity contribution >= 4 is 28.3 Å². The number of carbonyl (C=O) groups excluding carboxylic acids is 1. The third-order valence-corrected chi connectivity index (χ3v) is 5.07. The summed E-state index contributed by atoms with van der Waals surface area (Å²) in [7, 11) is 1.38. The van der Waals surface area contributed by atoms with Crippen LogP contribution in [0.3, 0.4) is 0 Å². The molecule has 4 rings (SSSR count). The number of benzene rings is 2. The lowest BCUT2D eigenvalue weighted by Gasteiger charge is -2.11. The molecule has 0 unspecified atom stereocenters. The van der Waals surface area contributed by atoms with Gasteiger partial charge in [-0.3, -0.25) is 4.79 Å². The molecule has 0 saturated carbocycles. The fourth-order valence-electron chi connectivity index (χ4n) is 3.45. The molecule has 0 aliphatic heterocycles. The summed E-state index contributed by atoms with van der Waals surface area (Å²) in [4.78, 5) is 30.3. The standard InChI is InChI=1S/C24H23N5O4/c1-32-33-24-20(25)12-18(13-28-24)16-6-7-21-17(10-16)11-19(22(26)29-21)14-2-4-15(5-3-14)23(31)27-8-9-30/h2-7,10-13,30H,8-9,25H2,1H3,(H2,26,29)(H,27,31). The van der Waals surface area contributed by atoms with Gasteiger partial charge < -0.3 is 26.8 Å². The fraction of sp³-hybridized carbons (Fsp3) is 0.125. The van der Waals surface area contributed by atoms with Crippen LogP contribution in [0.5, 0.6) is 5.88 Å². The van der Waals surface area contributed by atoms with Crippen LogP contribution in [0.1, 0.15) is 10.4 Å². The first-order chi connectivity index (χ1) is 16.0. The number of nitrogens with one attached hydrogen (secondary N) is 1. The van der Waals surface area contributed by atoms with Crippen LogP contribution in [0.4, 0.5) is 11.5 Å². The van der Waals surface area contributed by atoms with Gasteiger partial charge in [0.1, 0.15) is 5.82 Å². The second kappa shape index (κ2) is 9.51. The van der Waals surface area contributed by atoms with Gasteiger partial charge in [-0.05, 0) is 47.5 Å². The Labute approximate surface area is 189 Å². The molecule has 9 nitrogen and oxygen atoms in total. The summed E-state index contributed by atoms with van der Waals surface area (Å²) in [5, 5.41) is 12.4. The van der Waals surface area contributed by atoms with Crippen LogP contribution in [0, 0.1) is 0 Å². The van der Waals surface area contributed by atoms with E-state index in [0.717, 1.165) is 33.2 Å². The Kier molecular flexibility index (Phi) is 6.34. The molecule has 0 fully saturated rings. The molecule has 0 aliphatic rings.